The van der Waals surface area contributed by atoms with E-state index in [0.717, 1.165) is 49.1 Å². The van der Waals surface area contributed by atoms with Crippen LogP contribution in [0.1, 0.15) is 25.7 Å². The van der Waals surface area contributed by atoms with Gasteiger partial charge in [0.2, 0.25) is 0 Å². The van der Waals surface area contributed by atoms with E-state index in [1.54, 1.807) is 18.8 Å². The van der Waals surface area contributed by atoms with E-state index >= 15 is 0 Å². The summed E-state index contributed by atoms with van der Waals surface area (Å²) in [5.74, 6) is 1.61. The van der Waals surface area contributed by atoms with Crippen LogP contribution in [0.3, 0.4) is 0 Å². The quantitative estimate of drug-likeness (QED) is 0.127. The molecule has 0 saturated heterocycles. The van der Waals surface area contributed by atoms with Gasteiger partial charge in [0.15, 0.2) is 5.96 Å². The Labute approximate surface area is 176 Å². The third-order valence-electron chi connectivity index (χ3n) is 3.28. The van der Waals surface area contributed by atoms with Crippen LogP contribution in [0.4, 0.5) is 0 Å². The fourth-order valence-corrected chi connectivity index (χ4v) is 2.86. The summed E-state index contributed by atoms with van der Waals surface area (Å²) >= 11 is 7.64. The van der Waals surface area contributed by atoms with Crippen molar-refractivity contribution in [1.82, 2.24) is 10.6 Å². The molecule has 5 nitrogen and oxygen atoms in total. The second-order valence-electron chi connectivity index (χ2n) is 5.11. The maximum absolute atomic E-state index is 11.0. The zero-order valence-corrected chi connectivity index (χ0v) is 18.6. The standard InChI is InChI=1S/C17H26ClN3O2S.HI/c1-19-17(20-11-5-3-4-6-16(22)23-2)21-12-13-24-15-9-7-14(18)8-10-15;/h7-10H,3-6,11-13H2,1-2H3,(H2,19,20,21);1H. The van der Waals surface area contributed by atoms with Gasteiger partial charge in [0.05, 0.1) is 7.11 Å². The number of nitrogens with one attached hydrogen (secondary N) is 2. The maximum Gasteiger partial charge on any atom is 0.305 e. The van der Waals surface area contributed by atoms with Crippen LogP contribution in [-0.4, -0.2) is 44.9 Å². The normalized spacial score (nSPS) is 10.8. The molecule has 0 atom stereocenters. The van der Waals surface area contributed by atoms with E-state index in [0.29, 0.717) is 6.42 Å². The molecular weight excluding hydrogens is 473 g/mol. The van der Waals surface area contributed by atoms with Gasteiger partial charge in [-0.25, -0.2) is 0 Å². The first-order valence-corrected chi connectivity index (χ1v) is 9.41. The van der Waals surface area contributed by atoms with Crippen LogP contribution in [-0.2, 0) is 9.53 Å². The minimum absolute atomic E-state index is 0. The third kappa shape index (κ3) is 12.3. The van der Waals surface area contributed by atoms with Gasteiger partial charge in [-0.3, -0.25) is 9.79 Å². The molecule has 0 spiro atoms. The Morgan fingerprint density at radius 3 is 2.48 bits per heavy atom. The Hall–Kier alpha value is -0.670. The number of esters is 1. The fraction of sp³-hybridized carbons (Fsp3) is 0.529. The largest absolute Gasteiger partial charge is 0.469 e. The summed E-state index contributed by atoms with van der Waals surface area (Å²) in [6.45, 7) is 1.67. The van der Waals surface area contributed by atoms with Crippen molar-refractivity contribution in [3.63, 3.8) is 0 Å². The number of carbonyl (C=O) groups is 1. The van der Waals surface area contributed by atoms with Gasteiger partial charge in [-0.1, -0.05) is 18.0 Å². The molecular formula is C17H27ClIN3O2S. The van der Waals surface area contributed by atoms with Gasteiger partial charge in [0.25, 0.3) is 0 Å². The molecule has 142 valence electrons. The third-order valence-corrected chi connectivity index (χ3v) is 4.54. The van der Waals surface area contributed by atoms with E-state index in [1.807, 2.05) is 24.3 Å². The van der Waals surface area contributed by atoms with Crippen molar-refractivity contribution in [2.24, 2.45) is 4.99 Å². The van der Waals surface area contributed by atoms with Crippen molar-refractivity contribution in [3.05, 3.63) is 29.3 Å². The highest BCUT2D eigenvalue weighted by molar-refractivity contribution is 14.0. The molecule has 0 aliphatic heterocycles. The van der Waals surface area contributed by atoms with Crippen molar-refractivity contribution in [2.75, 3.05) is 33.0 Å². The highest BCUT2D eigenvalue weighted by Crippen LogP contribution is 2.19. The Bertz CT molecular complexity index is 515. The van der Waals surface area contributed by atoms with Gasteiger partial charge in [0.1, 0.15) is 0 Å². The van der Waals surface area contributed by atoms with E-state index in [9.17, 15) is 4.79 Å². The SMILES string of the molecule is CN=C(NCCCCCC(=O)OC)NCCSc1ccc(Cl)cc1.I. The van der Waals surface area contributed by atoms with Gasteiger partial charge >= 0.3 is 5.97 Å². The molecule has 0 amide bonds. The highest BCUT2D eigenvalue weighted by Gasteiger charge is 2.00. The van der Waals surface area contributed by atoms with Crippen LogP contribution in [0.15, 0.2) is 34.2 Å². The molecule has 0 aliphatic carbocycles. The first-order valence-electron chi connectivity index (χ1n) is 8.05. The molecule has 0 radical (unpaired) electrons. The van der Waals surface area contributed by atoms with Crippen LogP contribution in [0.25, 0.3) is 0 Å². The zero-order chi connectivity index (χ0) is 17.6. The molecule has 1 aromatic rings. The maximum atomic E-state index is 11.0. The van der Waals surface area contributed by atoms with Crippen molar-refractivity contribution >= 4 is 59.3 Å². The summed E-state index contributed by atoms with van der Waals surface area (Å²) in [4.78, 5) is 16.4. The molecule has 8 heteroatoms. The van der Waals surface area contributed by atoms with Crippen molar-refractivity contribution in [3.8, 4) is 0 Å². The van der Waals surface area contributed by atoms with Gasteiger partial charge in [0, 0.05) is 42.2 Å². The van der Waals surface area contributed by atoms with E-state index in [2.05, 4.69) is 20.4 Å². The number of halogens is 2. The predicted molar refractivity (Wildman–Crippen MR) is 117 cm³/mol. The first-order chi connectivity index (χ1) is 11.7. The Morgan fingerprint density at radius 2 is 1.84 bits per heavy atom. The van der Waals surface area contributed by atoms with Crippen LogP contribution in [0, 0.1) is 0 Å². The molecule has 25 heavy (non-hydrogen) atoms. The number of rotatable bonds is 10. The Kier molecular flexibility index (Phi) is 15.2. The lowest BCUT2D eigenvalue weighted by atomic mass is 10.2. The minimum Gasteiger partial charge on any atom is -0.469 e. The number of nitrogens with zero attached hydrogens (tertiary/aromatic N) is 1. The molecule has 1 rings (SSSR count). The zero-order valence-electron chi connectivity index (χ0n) is 14.7. The fourth-order valence-electron chi connectivity index (χ4n) is 1.97. The monoisotopic (exact) mass is 499 g/mol. The summed E-state index contributed by atoms with van der Waals surface area (Å²) in [7, 11) is 3.18. The smallest absolute Gasteiger partial charge is 0.305 e. The predicted octanol–water partition coefficient (Wildman–Crippen LogP) is 3.95. The molecule has 0 fully saturated rings. The summed E-state index contributed by atoms with van der Waals surface area (Å²) < 4.78 is 4.61. The van der Waals surface area contributed by atoms with Crippen LogP contribution in [0.2, 0.25) is 5.02 Å². The number of benzene rings is 1. The molecule has 0 aliphatic rings. The highest BCUT2D eigenvalue weighted by atomic mass is 127. The number of thioether (sulfide) groups is 1. The van der Waals surface area contributed by atoms with Gasteiger partial charge in [-0.05, 0) is 37.1 Å². The second kappa shape index (κ2) is 15.6. The number of aliphatic imine (C=N–C) groups is 1. The van der Waals surface area contributed by atoms with Crippen LogP contribution in [0.5, 0.6) is 0 Å². The molecule has 2 N–H and O–H groups in total. The number of hydrogen-bond donors (Lipinski definition) is 2. The summed E-state index contributed by atoms with van der Waals surface area (Å²) in [5, 5.41) is 7.32. The number of guanidine groups is 1. The summed E-state index contributed by atoms with van der Waals surface area (Å²) in [6.07, 6.45) is 3.34. The molecule has 0 aromatic heterocycles. The molecule has 0 saturated carbocycles. The summed E-state index contributed by atoms with van der Waals surface area (Å²) in [6, 6.07) is 7.85. The first kappa shape index (κ1) is 24.3. The van der Waals surface area contributed by atoms with Gasteiger partial charge in [-0.2, -0.15) is 0 Å². The number of methoxy groups -OCH3 is 1. The molecule has 0 unspecified atom stereocenters. The van der Waals surface area contributed by atoms with E-state index < -0.39 is 0 Å². The van der Waals surface area contributed by atoms with E-state index in [1.165, 1.54) is 12.0 Å². The Morgan fingerprint density at radius 1 is 1.16 bits per heavy atom. The minimum atomic E-state index is -0.140. The lowest BCUT2D eigenvalue weighted by Crippen LogP contribution is -2.38. The molecule has 0 bridgehead atoms. The van der Waals surface area contributed by atoms with Crippen LogP contribution < -0.4 is 10.6 Å². The Balaban J connectivity index is 0.00000576. The number of unbranched alkanes of at least 4 members (excludes halogenated alkanes) is 2. The van der Waals surface area contributed by atoms with Crippen molar-refractivity contribution < 1.29 is 9.53 Å². The van der Waals surface area contributed by atoms with Crippen molar-refractivity contribution in [2.45, 2.75) is 30.6 Å². The van der Waals surface area contributed by atoms with Gasteiger partial charge < -0.3 is 15.4 Å². The average Bonchev–Trinajstić information content (AvgIpc) is 2.60. The number of carbonyl (C=O) groups excluding carboxylic acids is 1. The molecule has 1 aromatic carbocycles. The van der Waals surface area contributed by atoms with E-state index in [4.69, 9.17) is 11.6 Å². The lowest BCUT2D eigenvalue weighted by molar-refractivity contribution is -0.140. The van der Waals surface area contributed by atoms with Crippen LogP contribution >= 0.6 is 47.3 Å². The van der Waals surface area contributed by atoms with Gasteiger partial charge in [-0.15, -0.1) is 35.7 Å². The number of ether oxygens (including phenoxy) is 1. The van der Waals surface area contributed by atoms with E-state index in [-0.39, 0.29) is 29.9 Å². The summed E-state index contributed by atoms with van der Waals surface area (Å²) in [5.41, 5.74) is 0. The molecule has 0 heterocycles. The lowest BCUT2D eigenvalue weighted by Gasteiger charge is -2.11. The average molecular weight is 500 g/mol. The number of hydrogen-bond acceptors (Lipinski definition) is 4. The topological polar surface area (TPSA) is 62.7 Å². The second-order valence-corrected chi connectivity index (χ2v) is 6.72. The van der Waals surface area contributed by atoms with Crippen molar-refractivity contribution in [1.29, 1.82) is 0 Å².